The summed E-state index contributed by atoms with van der Waals surface area (Å²) in [5.74, 6) is 0.0757. The molecule has 0 aliphatic carbocycles. The highest BCUT2D eigenvalue weighted by Crippen LogP contribution is 2.52. The molecule has 2 aromatic carbocycles. The Hall–Kier alpha value is -1.81. The molecule has 0 aliphatic heterocycles. The molecule has 5 nitrogen and oxygen atoms in total. The Bertz CT molecular complexity index is 661. The molecule has 2 rings (SSSR count). The first-order valence-electron chi connectivity index (χ1n) is 6.25. The molecule has 6 heteroatoms. The largest absolute Gasteiger partial charge is 0.506 e. The van der Waals surface area contributed by atoms with Gasteiger partial charge in [0.2, 0.25) is 0 Å². The summed E-state index contributed by atoms with van der Waals surface area (Å²) in [6, 6.07) is 12.6. The maximum atomic E-state index is 12.7. The van der Waals surface area contributed by atoms with Crippen LogP contribution >= 0.6 is 7.60 Å². The number of hydrogen-bond donors (Lipinski definition) is 1. The highest BCUT2D eigenvalue weighted by Gasteiger charge is 2.33. The monoisotopic (exact) mass is 308 g/mol. The Morgan fingerprint density at radius 1 is 0.952 bits per heavy atom. The number of aromatic hydroxyl groups is 1. The predicted molar refractivity (Wildman–Crippen MR) is 81.4 cm³/mol. The van der Waals surface area contributed by atoms with Gasteiger partial charge >= 0.3 is 7.60 Å². The first-order valence-corrected chi connectivity index (χ1v) is 7.79. The summed E-state index contributed by atoms with van der Waals surface area (Å²) in [7, 11) is 0.304. The van der Waals surface area contributed by atoms with Crippen molar-refractivity contribution in [2.45, 2.75) is 0 Å². The van der Waals surface area contributed by atoms with Gasteiger partial charge < -0.3 is 18.9 Å². The van der Waals surface area contributed by atoms with E-state index in [4.69, 9.17) is 13.8 Å². The number of phenols is 1. The van der Waals surface area contributed by atoms with Crippen molar-refractivity contribution in [2.75, 3.05) is 21.3 Å². The Morgan fingerprint density at radius 2 is 1.57 bits per heavy atom. The van der Waals surface area contributed by atoms with E-state index in [0.717, 1.165) is 5.56 Å². The average molecular weight is 308 g/mol. The van der Waals surface area contributed by atoms with E-state index in [0.29, 0.717) is 5.56 Å². The molecule has 1 N–H and O–H groups in total. The van der Waals surface area contributed by atoms with Crippen molar-refractivity contribution < 1.29 is 23.5 Å². The molecule has 0 unspecified atom stereocenters. The van der Waals surface area contributed by atoms with Crippen LogP contribution in [0.2, 0.25) is 0 Å². The molecule has 0 atom stereocenters. The van der Waals surface area contributed by atoms with E-state index in [9.17, 15) is 9.67 Å². The topological polar surface area (TPSA) is 65.0 Å². The second-order valence-corrected chi connectivity index (χ2v) is 6.41. The van der Waals surface area contributed by atoms with Gasteiger partial charge in [-0.3, -0.25) is 4.57 Å². The summed E-state index contributed by atoms with van der Waals surface area (Å²) in [5, 5.41) is 10.6. The zero-order chi connectivity index (χ0) is 15.5. The second-order valence-electron chi connectivity index (χ2n) is 4.24. The van der Waals surface area contributed by atoms with Crippen molar-refractivity contribution in [1.82, 2.24) is 0 Å². The maximum absolute atomic E-state index is 12.7. The van der Waals surface area contributed by atoms with Gasteiger partial charge in [0.05, 0.1) is 7.11 Å². The van der Waals surface area contributed by atoms with Crippen LogP contribution in [0.15, 0.2) is 42.5 Å². The zero-order valence-corrected chi connectivity index (χ0v) is 13.0. The molecule has 0 heterocycles. The van der Waals surface area contributed by atoms with Gasteiger partial charge in [0.25, 0.3) is 0 Å². The SMILES string of the molecule is COc1ccc(-c2ccccc2)c(O)c1P(=O)(OC)OC. The lowest BCUT2D eigenvalue weighted by molar-refractivity contribution is 0.285. The van der Waals surface area contributed by atoms with Crippen LogP contribution in [0.1, 0.15) is 0 Å². The first-order chi connectivity index (χ1) is 10.1. The molecule has 0 saturated carbocycles. The lowest BCUT2D eigenvalue weighted by Gasteiger charge is -2.19. The molecule has 21 heavy (non-hydrogen) atoms. The van der Waals surface area contributed by atoms with E-state index >= 15 is 0 Å². The molecule has 0 fully saturated rings. The van der Waals surface area contributed by atoms with Crippen molar-refractivity contribution in [3.8, 4) is 22.6 Å². The first kappa shape index (κ1) is 15.6. The van der Waals surface area contributed by atoms with Gasteiger partial charge in [0.1, 0.15) is 16.8 Å². The van der Waals surface area contributed by atoms with E-state index in [1.54, 1.807) is 12.1 Å². The molecule has 0 saturated heterocycles. The molecular formula is C15H17O5P. The van der Waals surface area contributed by atoms with Crippen molar-refractivity contribution in [2.24, 2.45) is 0 Å². The Balaban J connectivity index is 2.72. The minimum Gasteiger partial charge on any atom is -0.506 e. The summed E-state index contributed by atoms with van der Waals surface area (Å²) in [4.78, 5) is 0. The summed E-state index contributed by atoms with van der Waals surface area (Å²) in [6.45, 7) is 0. The van der Waals surface area contributed by atoms with Gasteiger partial charge in [-0.1, -0.05) is 30.3 Å². The predicted octanol–water partition coefficient (Wildman–Crippen LogP) is 3.18. The van der Waals surface area contributed by atoms with Crippen molar-refractivity contribution in [3.63, 3.8) is 0 Å². The van der Waals surface area contributed by atoms with Gasteiger partial charge in [-0.2, -0.15) is 0 Å². The fourth-order valence-corrected chi connectivity index (χ4v) is 3.43. The van der Waals surface area contributed by atoms with Crippen LogP contribution < -0.4 is 10.0 Å². The molecule has 0 aromatic heterocycles. The summed E-state index contributed by atoms with van der Waals surface area (Å²) in [5.41, 5.74) is 1.32. The summed E-state index contributed by atoms with van der Waals surface area (Å²) >= 11 is 0. The highest BCUT2D eigenvalue weighted by atomic mass is 31.2. The Morgan fingerprint density at radius 3 is 2.10 bits per heavy atom. The highest BCUT2D eigenvalue weighted by molar-refractivity contribution is 7.62. The number of hydrogen-bond acceptors (Lipinski definition) is 5. The van der Waals surface area contributed by atoms with Crippen LogP contribution in [0.3, 0.4) is 0 Å². The second kappa shape index (κ2) is 6.31. The van der Waals surface area contributed by atoms with E-state index in [1.807, 2.05) is 30.3 Å². The maximum Gasteiger partial charge on any atom is 0.368 e. The van der Waals surface area contributed by atoms with Gasteiger partial charge in [-0.25, -0.2) is 0 Å². The van der Waals surface area contributed by atoms with Gasteiger partial charge in [-0.15, -0.1) is 0 Å². The van der Waals surface area contributed by atoms with E-state index in [2.05, 4.69) is 0 Å². The minimum absolute atomic E-state index is 0.0244. The molecule has 0 spiro atoms. The lowest BCUT2D eigenvalue weighted by atomic mass is 10.0. The van der Waals surface area contributed by atoms with Crippen LogP contribution in [-0.4, -0.2) is 26.4 Å². The van der Waals surface area contributed by atoms with Crippen molar-refractivity contribution in [3.05, 3.63) is 42.5 Å². The van der Waals surface area contributed by atoms with Crippen molar-refractivity contribution >= 4 is 12.9 Å². The van der Waals surface area contributed by atoms with Crippen LogP contribution in [0.4, 0.5) is 0 Å². The Labute approximate surface area is 123 Å². The van der Waals surface area contributed by atoms with Crippen LogP contribution in [0, 0.1) is 0 Å². The molecule has 112 valence electrons. The third kappa shape index (κ3) is 2.81. The Kier molecular flexibility index (Phi) is 4.68. The summed E-state index contributed by atoms with van der Waals surface area (Å²) < 4.78 is 27.8. The number of ether oxygens (including phenoxy) is 1. The normalized spacial score (nSPS) is 11.4. The standard InChI is InChI=1S/C15H17O5P/c1-18-13-10-9-12(11-7-5-4-6-8-11)14(16)15(13)21(17,19-2)20-3/h4-10,16H,1-3H3. The number of phenolic OH excluding ortho intramolecular Hbond substituents is 1. The molecule has 0 aliphatic rings. The third-order valence-corrected chi connectivity index (χ3v) is 5.11. The van der Waals surface area contributed by atoms with E-state index < -0.39 is 7.60 Å². The van der Waals surface area contributed by atoms with Gasteiger partial charge in [0, 0.05) is 19.8 Å². The van der Waals surface area contributed by atoms with Crippen LogP contribution in [-0.2, 0) is 13.6 Å². The van der Waals surface area contributed by atoms with Crippen LogP contribution in [0.5, 0.6) is 11.5 Å². The summed E-state index contributed by atoms with van der Waals surface area (Å²) in [6.07, 6.45) is 0. The van der Waals surface area contributed by atoms with E-state index in [-0.39, 0.29) is 16.8 Å². The van der Waals surface area contributed by atoms with Crippen LogP contribution in [0.25, 0.3) is 11.1 Å². The van der Waals surface area contributed by atoms with Crippen molar-refractivity contribution in [1.29, 1.82) is 0 Å². The molecule has 0 amide bonds. The van der Waals surface area contributed by atoms with E-state index in [1.165, 1.54) is 21.3 Å². The number of rotatable bonds is 5. The third-order valence-electron chi connectivity index (χ3n) is 3.17. The zero-order valence-electron chi connectivity index (χ0n) is 12.1. The molecule has 0 radical (unpaired) electrons. The fourth-order valence-electron chi connectivity index (χ4n) is 2.10. The average Bonchev–Trinajstić information content (AvgIpc) is 2.54. The quantitative estimate of drug-likeness (QED) is 0.859. The molecular weight excluding hydrogens is 291 g/mol. The number of methoxy groups -OCH3 is 1. The van der Waals surface area contributed by atoms with Gasteiger partial charge in [0.15, 0.2) is 0 Å². The smallest absolute Gasteiger partial charge is 0.368 e. The fraction of sp³-hybridized carbons (Fsp3) is 0.200. The molecule has 2 aromatic rings. The molecule has 0 bridgehead atoms. The minimum atomic E-state index is -3.65. The number of benzene rings is 2. The van der Waals surface area contributed by atoms with Gasteiger partial charge in [-0.05, 0) is 17.7 Å². The lowest BCUT2D eigenvalue weighted by Crippen LogP contribution is -2.12.